The molecule has 108 valence electrons. The van der Waals surface area contributed by atoms with E-state index in [1.165, 1.54) is 18.4 Å². The third-order valence-corrected chi connectivity index (χ3v) is 3.37. The lowest BCUT2D eigenvalue weighted by Crippen LogP contribution is -2.14. The molecule has 1 aromatic rings. The Kier molecular flexibility index (Phi) is 7.91. The van der Waals surface area contributed by atoms with Gasteiger partial charge in [-0.1, -0.05) is 20.3 Å². The monoisotopic (exact) mass is 329 g/mol. The maximum Gasteiger partial charge on any atom is 0.175 e. The van der Waals surface area contributed by atoms with Crippen LogP contribution in [0.4, 0.5) is 0 Å². The SMILES string of the molecule is CCCCNCc1cc(Br)c(OCCC)c(OC)c1. The summed E-state index contributed by atoms with van der Waals surface area (Å²) in [5, 5.41) is 3.43. The van der Waals surface area contributed by atoms with Crippen molar-refractivity contribution in [1.82, 2.24) is 5.32 Å². The van der Waals surface area contributed by atoms with Gasteiger partial charge in [0, 0.05) is 6.54 Å². The van der Waals surface area contributed by atoms with Crippen LogP contribution >= 0.6 is 15.9 Å². The minimum atomic E-state index is 0.697. The second kappa shape index (κ2) is 9.21. The number of ether oxygens (including phenoxy) is 2. The summed E-state index contributed by atoms with van der Waals surface area (Å²) < 4.78 is 12.1. The molecule has 0 amide bonds. The molecule has 0 atom stereocenters. The smallest absolute Gasteiger partial charge is 0.175 e. The predicted molar refractivity (Wildman–Crippen MR) is 83.1 cm³/mol. The highest BCUT2D eigenvalue weighted by Gasteiger charge is 2.11. The third-order valence-electron chi connectivity index (χ3n) is 2.78. The Bertz CT molecular complexity index is 383. The summed E-state index contributed by atoms with van der Waals surface area (Å²) in [6.45, 7) is 6.88. The topological polar surface area (TPSA) is 30.5 Å². The molecule has 0 fully saturated rings. The van der Waals surface area contributed by atoms with Crippen LogP contribution in [0.25, 0.3) is 0 Å². The van der Waals surface area contributed by atoms with Crippen molar-refractivity contribution in [3.63, 3.8) is 0 Å². The van der Waals surface area contributed by atoms with Crippen LogP contribution in [-0.2, 0) is 6.54 Å². The van der Waals surface area contributed by atoms with Gasteiger partial charge in [-0.25, -0.2) is 0 Å². The van der Waals surface area contributed by atoms with Crippen molar-refractivity contribution in [1.29, 1.82) is 0 Å². The molecule has 0 unspecified atom stereocenters. The molecule has 0 radical (unpaired) electrons. The van der Waals surface area contributed by atoms with Gasteiger partial charge in [-0.15, -0.1) is 0 Å². The standard InChI is InChI=1S/C15H24BrNO2/c1-4-6-7-17-11-12-9-13(16)15(19-8-5-2)14(10-12)18-3/h9-10,17H,4-8,11H2,1-3H3. The van der Waals surface area contributed by atoms with Gasteiger partial charge < -0.3 is 14.8 Å². The van der Waals surface area contributed by atoms with Crippen LogP contribution in [0, 0.1) is 0 Å². The van der Waals surface area contributed by atoms with Gasteiger partial charge >= 0.3 is 0 Å². The maximum absolute atomic E-state index is 5.71. The van der Waals surface area contributed by atoms with E-state index in [1.54, 1.807) is 7.11 Å². The van der Waals surface area contributed by atoms with Crippen molar-refractivity contribution in [3.8, 4) is 11.5 Å². The van der Waals surface area contributed by atoms with Gasteiger partial charge in [0.15, 0.2) is 11.5 Å². The average Bonchev–Trinajstić information content (AvgIpc) is 2.42. The lowest BCUT2D eigenvalue weighted by Gasteiger charge is -2.14. The highest BCUT2D eigenvalue weighted by molar-refractivity contribution is 9.10. The van der Waals surface area contributed by atoms with Crippen LogP contribution in [0.3, 0.4) is 0 Å². The van der Waals surface area contributed by atoms with Gasteiger partial charge in [0.1, 0.15) is 0 Å². The van der Waals surface area contributed by atoms with Crippen molar-refractivity contribution in [2.45, 2.75) is 39.7 Å². The molecule has 0 heterocycles. The zero-order valence-electron chi connectivity index (χ0n) is 12.1. The van der Waals surface area contributed by atoms with Gasteiger partial charge in [-0.3, -0.25) is 0 Å². The minimum absolute atomic E-state index is 0.697. The molecule has 0 aromatic heterocycles. The molecular formula is C15H24BrNO2. The number of halogens is 1. The van der Waals surface area contributed by atoms with Gasteiger partial charge in [0.25, 0.3) is 0 Å². The van der Waals surface area contributed by atoms with E-state index in [0.29, 0.717) is 6.61 Å². The molecule has 0 bridgehead atoms. The minimum Gasteiger partial charge on any atom is -0.493 e. The number of rotatable bonds is 9. The summed E-state index contributed by atoms with van der Waals surface area (Å²) in [5.74, 6) is 1.58. The van der Waals surface area contributed by atoms with E-state index in [-0.39, 0.29) is 0 Å². The van der Waals surface area contributed by atoms with E-state index in [1.807, 2.05) is 6.07 Å². The molecule has 1 aromatic carbocycles. The normalized spacial score (nSPS) is 10.5. The summed E-state index contributed by atoms with van der Waals surface area (Å²) in [4.78, 5) is 0. The molecule has 0 saturated heterocycles. The fourth-order valence-electron chi connectivity index (χ4n) is 1.75. The number of nitrogens with one attached hydrogen (secondary N) is 1. The predicted octanol–water partition coefficient (Wildman–Crippen LogP) is 4.14. The van der Waals surface area contributed by atoms with Crippen LogP contribution in [0.1, 0.15) is 38.7 Å². The lowest BCUT2D eigenvalue weighted by molar-refractivity contribution is 0.292. The fraction of sp³-hybridized carbons (Fsp3) is 0.600. The second-order valence-electron chi connectivity index (χ2n) is 4.49. The van der Waals surface area contributed by atoms with E-state index in [2.05, 4.69) is 41.2 Å². The molecule has 0 spiro atoms. The first-order valence-electron chi connectivity index (χ1n) is 6.92. The Morgan fingerprint density at radius 2 is 2.00 bits per heavy atom. The van der Waals surface area contributed by atoms with Crippen molar-refractivity contribution in [3.05, 3.63) is 22.2 Å². The molecule has 3 nitrogen and oxygen atoms in total. The van der Waals surface area contributed by atoms with Gasteiger partial charge in [0.05, 0.1) is 18.2 Å². The fourth-order valence-corrected chi connectivity index (χ4v) is 2.36. The molecule has 19 heavy (non-hydrogen) atoms. The Morgan fingerprint density at radius 1 is 1.21 bits per heavy atom. The first kappa shape index (κ1) is 16.3. The van der Waals surface area contributed by atoms with E-state index in [9.17, 15) is 0 Å². The zero-order valence-corrected chi connectivity index (χ0v) is 13.7. The molecule has 0 aliphatic heterocycles. The van der Waals surface area contributed by atoms with E-state index in [0.717, 1.165) is 35.5 Å². The summed E-state index contributed by atoms with van der Waals surface area (Å²) in [6, 6.07) is 4.13. The summed E-state index contributed by atoms with van der Waals surface area (Å²) in [6.07, 6.45) is 3.40. The Labute approximate surface area is 124 Å². The lowest BCUT2D eigenvalue weighted by atomic mass is 10.2. The van der Waals surface area contributed by atoms with Crippen LogP contribution in [0.5, 0.6) is 11.5 Å². The van der Waals surface area contributed by atoms with Crippen molar-refractivity contribution in [2.24, 2.45) is 0 Å². The third kappa shape index (κ3) is 5.41. The summed E-state index contributed by atoms with van der Waals surface area (Å²) in [5.41, 5.74) is 1.20. The molecule has 0 saturated carbocycles. The molecule has 4 heteroatoms. The maximum atomic E-state index is 5.71. The van der Waals surface area contributed by atoms with Crippen molar-refractivity contribution < 1.29 is 9.47 Å². The molecule has 1 N–H and O–H groups in total. The van der Waals surface area contributed by atoms with E-state index >= 15 is 0 Å². The number of unbranched alkanes of at least 4 members (excludes halogenated alkanes) is 1. The molecular weight excluding hydrogens is 306 g/mol. The Balaban J connectivity index is 2.71. The average molecular weight is 330 g/mol. The van der Waals surface area contributed by atoms with Crippen LogP contribution in [0.15, 0.2) is 16.6 Å². The number of hydrogen-bond acceptors (Lipinski definition) is 3. The Morgan fingerprint density at radius 3 is 2.63 bits per heavy atom. The molecule has 1 rings (SSSR count). The van der Waals surface area contributed by atoms with Crippen LogP contribution in [0.2, 0.25) is 0 Å². The molecule has 0 aliphatic rings. The van der Waals surface area contributed by atoms with Crippen LogP contribution < -0.4 is 14.8 Å². The summed E-state index contributed by atoms with van der Waals surface area (Å²) in [7, 11) is 1.68. The van der Waals surface area contributed by atoms with Crippen molar-refractivity contribution >= 4 is 15.9 Å². The first-order valence-corrected chi connectivity index (χ1v) is 7.72. The van der Waals surface area contributed by atoms with Gasteiger partial charge in [-0.05, 0) is 53.0 Å². The van der Waals surface area contributed by atoms with Gasteiger partial charge in [-0.2, -0.15) is 0 Å². The molecule has 0 aliphatic carbocycles. The van der Waals surface area contributed by atoms with Crippen molar-refractivity contribution in [2.75, 3.05) is 20.3 Å². The van der Waals surface area contributed by atoms with Gasteiger partial charge in [0.2, 0.25) is 0 Å². The van der Waals surface area contributed by atoms with E-state index < -0.39 is 0 Å². The quantitative estimate of drug-likeness (QED) is 0.691. The van der Waals surface area contributed by atoms with Crippen LogP contribution in [-0.4, -0.2) is 20.3 Å². The number of hydrogen-bond donors (Lipinski definition) is 1. The zero-order chi connectivity index (χ0) is 14.1. The van der Waals surface area contributed by atoms with E-state index in [4.69, 9.17) is 9.47 Å². The number of benzene rings is 1. The highest BCUT2D eigenvalue weighted by Crippen LogP contribution is 2.36. The second-order valence-corrected chi connectivity index (χ2v) is 5.34. The first-order chi connectivity index (χ1) is 9.22. The Hall–Kier alpha value is -0.740. The largest absolute Gasteiger partial charge is 0.493 e. The summed E-state index contributed by atoms with van der Waals surface area (Å²) >= 11 is 3.56. The highest BCUT2D eigenvalue weighted by atomic mass is 79.9. The number of methoxy groups -OCH3 is 1.